The molecule has 0 aliphatic heterocycles. The Labute approximate surface area is 210 Å². The van der Waals surface area contributed by atoms with Gasteiger partial charge in [0.05, 0.1) is 0 Å². The van der Waals surface area contributed by atoms with Crippen molar-refractivity contribution in [3.8, 4) is 28.4 Å². The van der Waals surface area contributed by atoms with E-state index in [2.05, 4.69) is 53.4 Å². The predicted octanol–water partition coefficient (Wildman–Crippen LogP) is 8.11. The fourth-order valence-electron chi connectivity index (χ4n) is 4.02. The lowest BCUT2D eigenvalue weighted by Gasteiger charge is -2.26. The first-order valence-electron chi connectivity index (χ1n) is 11.6. The standard InChI is InChI=1S/C32H25NO3/c34-30-17-5-24(6-18-30)2-1-23-3-11-27(12-4-23)33(29-15-21-32(36)22-16-29)28-13-7-25(8-14-28)26-9-19-31(35)20-10-26/h1-22,34-36H. The van der Waals surface area contributed by atoms with Gasteiger partial charge in [-0.2, -0.15) is 0 Å². The Hall–Kier alpha value is -4.96. The first kappa shape index (κ1) is 22.8. The van der Waals surface area contributed by atoms with Crippen molar-refractivity contribution in [3.63, 3.8) is 0 Å². The van der Waals surface area contributed by atoms with Crippen molar-refractivity contribution in [2.45, 2.75) is 0 Å². The summed E-state index contributed by atoms with van der Waals surface area (Å²) in [5, 5.41) is 28.8. The second-order valence-electron chi connectivity index (χ2n) is 8.46. The van der Waals surface area contributed by atoms with Crippen molar-refractivity contribution in [3.05, 3.63) is 132 Å². The molecule has 0 saturated carbocycles. The van der Waals surface area contributed by atoms with Crippen LogP contribution in [0.25, 0.3) is 23.3 Å². The molecular weight excluding hydrogens is 446 g/mol. The first-order chi connectivity index (χ1) is 17.5. The van der Waals surface area contributed by atoms with Crippen LogP contribution in [0.5, 0.6) is 17.2 Å². The zero-order valence-electron chi connectivity index (χ0n) is 19.5. The van der Waals surface area contributed by atoms with Crippen LogP contribution in [0.4, 0.5) is 17.1 Å². The molecule has 0 radical (unpaired) electrons. The van der Waals surface area contributed by atoms with Gasteiger partial charge in [0, 0.05) is 17.1 Å². The van der Waals surface area contributed by atoms with E-state index in [1.807, 2.05) is 48.6 Å². The summed E-state index contributed by atoms with van der Waals surface area (Å²) in [7, 11) is 0. The van der Waals surface area contributed by atoms with E-state index in [0.717, 1.165) is 39.3 Å². The maximum Gasteiger partial charge on any atom is 0.115 e. The quantitative estimate of drug-likeness (QED) is 0.219. The molecule has 36 heavy (non-hydrogen) atoms. The molecule has 4 heteroatoms. The van der Waals surface area contributed by atoms with Gasteiger partial charge in [-0.1, -0.05) is 60.7 Å². The van der Waals surface area contributed by atoms with Gasteiger partial charge >= 0.3 is 0 Å². The zero-order chi connectivity index (χ0) is 24.9. The van der Waals surface area contributed by atoms with E-state index in [1.165, 1.54) is 0 Å². The average Bonchev–Trinajstić information content (AvgIpc) is 2.91. The molecule has 0 fully saturated rings. The second-order valence-corrected chi connectivity index (χ2v) is 8.46. The fraction of sp³-hybridized carbons (Fsp3) is 0. The average molecular weight is 472 g/mol. The van der Waals surface area contributed by atoms with Gasteiger partial charge in [0.25, 0.3) is 0 Å². The molecule has 0 aliphatic carbocycles. The van der Waals surface area contributed by atoms with Gasteiger partial charge in [-0.15, -0.1) is 0 Å². The predicted molar refractivity (Wildman–Crippen MR) is 147 cm³/mol. The number of anilines is 3. The van der Waals surface area contributed by atoms with Crippen molar-refractivity contribution in [2.75, 3.05) is 4.90 Å². The summed E-state index contributed by atoms with van der Waals surface area (Å²) >= 11 is 0. The molecule has 0 unspecified atom stereocenters. The highest BCUT2D eigenvalue weighted by Gasteiger charge is 2.13. The second kappa shape index (κ2) is 10.1. The highest BCUT2D eigenvalue weighted by Crippen LogP contribution is 2.36. The van der Waals surface area contributed by atoms with Gasteiger partial charge in [0.1, 0.15) is 17.2 Å². The minimum atomic E-state index is 0.219. The van der Waals surface area contributed by atoms with Crippen molar-refractivity contribution in [2.24, 2.45) is 0 Å². The Balaban J connectivity index is 1.45. The lowest BCUT2D eigenvalue weighted by Crippen LogP contribution is -2.09. The normalized spacial score (nSPS) is 11.0. The lowest BCUT2D eigenvalue weighted by molar-refractivity contribution is 0.475. The van der Waals surface area contributed by atoms with Crippen LogP contribution >= 0.6 is 0 Å². The third-order valence-electron chi connectivity index (χ3n) is 5.95. The summed E-state index contributed by atoms with van der Waals surface area (Å²) in [5.74, 6) is 0.716. The number of phenols is 3. The summed E-state index contributed by atoms with van der Waals surface area (Å²) in [6.45, 7) is 0. The van der Waals surface area contributed by atoms with Crippen LogP contribution in [0.1, 0.15) is 11.1 Å². The van der Waals surface area contributed by atoms with Crippen LogP contribution in [0, 0.1) is 0 Å². The van der Waals surface area contributed by atoms with Crippen LogP contribution in [0.15, 0.2) is 121 Å². The summed E-state index contributed by atoms with van der Waals surface area (Å²) < 4.78 is 0. The van der Waals surface area contributed by atoms with Gasteiger partial charge < -0.3 is 20.2 Å². The molecule has 0 spiro atoms. The van der Waals surface area contributed by atoms with Crippen LogP contribution in [0.3, 0.4) is 0 Å². The van der Waals surface area contributed by atoms with E-state index in [4.69, 9.17) is 0 Å². The molecule has 0 amide bonds. The highest BCUT2D eigenvalue weighted by molar-refractivity contribution is 5.79. The molecule has 0 aromatic heterocycles. The molecule has 3 N–H and O–H groups in total. The van der Waals surface area contributed by atoms with Crippen molar-refractivity contribution >= 4 is 29.2 Å². The first-order valence-corrected chi connectivity index (χ1v) is 11.6. The third-order valence-corrected chi connectivity index (χ3v) is 5.95. The maximum atomic E-state index is 9.81. The monoisotopic (exact) mass is 471 g/mol. The largest absolute Gasteiger partial charge is 0.508 e. The molecule has 0 saturated heterocycles. The Bertz CT molecular complexity index is 1450. The van der Waals surface area contributed by atoms with Crippen LogP contribution in [0.2, 0.25) is 0 Å². The van der Waals surface area contributed by atoms with Gasteiger partial charge in [-0.25, -0.2) is 0 Å². The molecule has 0 aliphatic rings. The van der Waals surface area contributed by atoms with Crippen molar-refractivity contribution < 1.29 is 15.3 Å². The summed E-state index contributed by atoms with van der Waals surface area (Å²) in [4.78, 5) is 2.13. The summed E-state index contributed by atoms with van der Waals surface area (Å²) in [6, 6.07) is 37.9. The lowest BCUT2D eigenvalue weighted by atomic mass is 10.0. The Kier molecular flexibility index (Phi) is 6.41. The van der Waals surface area contributed by atoms with E-state index in [-0.39, 0.29) is 17.2 Å². The van der Waals surface area contributed by atoms with E-state index < -0.39 is 0 Å². The molecule has 176 valence electrons. The fourth-order valence-corrected chi connectivity index (χ4v) is 4.02. The molecule has 5 rings (SSSR count). The van der Waals surface area contributed by atoms with Crippen LogP contribution in [-0.4, -0.2) is 15.3 Å². The molecule has 0 atom stereocenters. The SMILES string of the molecule is Oc1ccc(C=Cc2ccc(N(c3ccc(O)cc3)c3ccc(-c4ccc(O)cc4)cc3)cc2)cc1. The minimum Gasteiger partial charge on any atom is -0.508 e. The number of hydrogen-bond donors (Lipinski definition) is 3. The molecule has 4 nitrogen and oxygen atoms in total. The number of rotatable bonds is 6. The number of benzene rings is 5. The van der Waals surface area contributed by atoms with Gasteiger partial charge in [-0.05, 0) is 95.1 Å². The Morgan fingerprint density at radius 2 is 0.639 bits per heavy atom. The Morgan fingerprint density at radius 1 is 0.361 bits per heavy atom. The topological polar surface area (TPSA) is 63.9 Å². The zero-order valence-corrected chi connectivity index (χ0v) is 19.5. The number of phenolic OH excluding ortho intramolecular Hbond substituents is 3. The molecular formula is C32H25NO3. The molecule has 0 bridgehead atoms. The van der Waals surface area contributed by atoms with Gasteiger partial charge in [0.15, 0.2) is 0 Å². The number of aromatic hydroxyl groups is 3. The van der Waals surface area contributed by atoms with Crippen molar-refractivity contribution in [1.29, 1.82) is 0 Å². The van der Waals surface area contributed by atoms with Crippen molar-refractivity contribution in [1.82, 2.24) is 0 Å². The third kappa shape index (κ3) is 5.24. The van der Waals surface area contributed by atoms with Crippen LogP contribution < -0.4 is 4.90 Å². The summed E-state index contributed by atoms with van der Waals surface area (Å²) in [6.07, 6.45) is 4.04. The Morgan fingerprint density at radius 3 is 1.08 bits per heavy atom. The highest BCUT2D eigenvalue weighted by atomic mass is 16.3. The van der Waals surface area contributed by atoms with E-state index >= 15 is 0 Å². The molecule has 5 aromatic carbocycles. The van der Waals surface area contributed by atoms with Gasteiger partial charge in [-0.3, -0.25) is 0 Å². The van der Waals surface area contributed by atoms with E-state index in [0.29, 0.717) is 0 Å². The number of hydrogen-bond acceptors (Lipinski definition) is 4. The molecule has 5 aromatic rings. The summed E-state index contributed by atoms with van der Waals surface area (Å²) in [5.41, 5.74) is 7.05. The maximum absolute atomic E-state index is 9.81. The van der Waals surface area contributed by atoms with E-state index in [1.54, 1.807) is 36.4 Å². The van der Waals surface area contributed by atoms with Gasteiger partial charge in [0.2, 0.25) is 0 Å². The smallest absolute Gasteiger partial charge is 0.115 e. The van der Waals surface area contributed by atoms with Crippen LogP contribution in [-0.2, 0) is 0 Å². The number of nitrogens with zero attached hydrogens (tertiary/aromatic N) is 1. The molecule has 0 heterocycles. The minimum absolute atomic E-state index is 0.219. The van der Waals surface area contributed by atoms with E-state index in [9.17, 15) is 15.3 Å².